The second-order valence-electron chi connectivity index (χ2n) is 3.38. The van der Waals surface area contributed by atoms with Crippen molar-refractivity contribution < 1.29 is 9.53 Å². The van der Waals surface area contributed by atoms with Crippen molar-refractivity contribution in [2.75, 3.05) is 6.61 Å². The number of aryl methyl sites for hydroxylation is 1. The molecule has 78 valence electrons. The Bertz CT molecular complexity index is 413. The van der Waals surface area contributed by atoms with Crippen molar-refractivity contribution in [3.8, 4) is 0 Å². The van der Waals surface area contributed by atoms with Crippen molar-refractivity contribution in [2.45, 2.75) is 19.8 Å². The van der Waals surface area contributed by atoms with Crippen molar-refractivity contribution in [3.63, 3.8) is 0 Å². The Morgan fingerprint density at radius 2 is 2.40 bits per heavy atom. The second kappa shape index (κ2) is 4.21. The maximum Gasteiger partial charge on any atom is 0.245 e. The summed E-state index contributed by atoms with van der Waals surface area (Å²) in [6.45, 7) is 2.37. The van der Waals surface area contributed by atoms with Crippen molar-refractivity contribution in [1.29, 1.82) is 0 Å². The predicted molar refractivity (Wildman–Crippen MR) is 54.4 cm³/mol. The van der Waals surface area contributed by atoms with E-state index in [0.29, 0.717) is 23.9 Å². The normalized spacial score (nSPS) is 15.4. The van der Waals surface area contributed by atoms with Crippen LogP contribution in [0.25, 0.3) is 0 Å². The van der Waals surface area contributed by atoms with Gasteiger partial charge in [-0.1, -0.05) is 0 Å². The van der Waals surface area contributed by atoms with Gasteiger partial charge in [0.1, 0.15) is 11.5 Å². The molecule has 0 saturated carbocycles. The Kier molecular flexibility index (Phi) is 2.76. The SMILES string of the molecule is Cc1nccc(C(=O)C2=CCCCO2)n1. The van der Waals surface area contributed by atoms with Crippen molar-refractivity contribution in [3.05, 3.63) is 35.6 Å². The molecule has 2 heterocycles. The molecule has 15 heavy (non-hydrogen) atoms. The van der Waals surface area contributed by atoms with Gasteiger partial charge in [0, 0.05) is 6.20 Å². The van der Waals surface area contributed by atoms with Crippen LogP contribution in [0.5, 0.6) is 0 Å². The fourth-order valence-electron chi connectivity index (χ4n) is 1.42. The molecule has 0 aromatic carbocycles. The van der Waals surface area contributed by atoms with E-state index in [1.807, 2.05) is 6.08 Å². The van der Waals surface area contributed by atoms with Crippen LogP contribution in [0.3, 0.4) is 0 Å². The number of nitrogens with zero attached hydrogens (tertiary/aromatic N) is 2. The molecule has 2 rings (SSSR count). The summed E-state index contributed by atoms with van der Waals surface area (Å²) in [6, 6.07) is 1.61. The highest BCUT2D eigenvalue weighted by atomic mass is 16.5. The van der Waals surface area contributed by atoms with Gasteiger partial charge in [0.25, 0.3) is 0 Å². The molecular weight excluding hydrogens is 192 g/mol. The van der Waals surface area contributed by atoms with Crippen LogP contribution < -0.4 is 0 Å². The molecule has 4 heteroatoms. The maximum absolute atomic E-state index is 11.9. The van der Waals surface area contributed by atoms with Gasteiger partial charge in [0.05, 0.1) is 6.61 Å². The van der Waals surface area contributed by atoms with Crippen LogP contribution in [0.1, 0.15) is 29.2 Å². The third kappa shape index (κ3) is 2.21. The number of aromatic nitrogens is 2. The average molecular weight is 204 g/mol. The number of Topliss-reactive ketones (excluding diaryl/α,β-unsaturated/α-hetero) is 1. The van der Waals surface area contributed by atoms with Crippen molar-refractivity contribution in [1.82, 2.24) is 9.97 Å². The third-order valence-electron chi connectivity index (χ3n) is 2.17. The predicted octanol–water partition coefficient (Wildman–Crippen LogP) is 1.66. The molecule has 1 aliphatic heterocycles. The first-order valence-corrected chi connectivity index (χ1v) is 4.94. The van der Waals surface area contributed by atoms with Crippen LogP contribution in [0, 0.1) is 6.92 Å². The number of allylic oxidation sites excluding steroid dienone is 2. The summed E-state index contributed by atoms with van der Waals surface area (Å²) < 4.78 is 5.29. The quantitative estimate of drug-likeness (QED) is 0.687. The topological polar surface area (TPSA) is 52.1 Å². The smallest absolute Gasteiger partial charge is 0.245 e. The molecule has 0 saturated heterocycles. The van der Waals surface area contributed by atoms with Gasteiger partial charge >= 0.3 is 0 Å². The van der Waals surface area contributed by atoms with Gasteiger partial charge in [-0.3, -0.25) is 4.79 Å². The minimum absolute atomic E-state index is 0.153. The van der Waals surface area contributed by atoms with Gasteiger partial charge in [-0.05, 0) is 31.9 Å². The van der Waals surface area contributed by atoms with Crippen LogP contribution in [-0.2, 0) is 4.74 Å². The zero-order chi connectivity index (χ0) is 10.7. The zero-order valence-electron chi connectivity index (χ0n) is 8.56. The lowest BCUT2D eigenvalue weighted by Gasteiger charge is -2.13. The standard InChI is InChI=1S/C11H12N2O2/c1-8-12-6-5-9(13-8)11(14)10-4-2-3-7-15-10/h4-6H,2-3,7H2,1H3. The molecule has 1 aromatic heterocycles. The molecule has 0 amide bonds. The molecule has 0 atom stereocenters. The first kappa shape index (κ1) is 9.83. The van der Waals surface area contributed by atoms with E-state index < -0.39 is 0 Å². The highest BCUT2D eigenvalue weighted by molar-refractivity contribution is 6.05. The Balaban J connectivity index is 2.24. The van der Waals surface area contributed by atoms with Crippen molar-refractivity contribution >= 4 is 5.78 Å². The van der Waals surface area contributed by atoms with Gasteiger partial charge in [-0.15, -0.1) is 0 Å². The van der Waals surface area contributed by atoms with E-state index in [1.54, 1.807) is 19.2 Å². The molecule has 0 aliphatic carbocycles. The van der Waals surface area contributed by atoms with Gasteiger partial charge in [0.15, 0.2) is 5.76 Å². The minimum Gasteiger partial charge on any atom is -0.490 e. The van der Waals surface area contributed by atoms with Crippen LogP contribution >= 0.6 is 0 Å². The Hall–Kier alpha value is -1.71. The van der Waals surface area contributed by atoms with Gasteiger partial charge in [-0.2, -0.15) is 0 Å². The van der Waals surface area contributed by atoms with Crippen LogP contribution in [0.2, 0.25) is 0 Å². The fraction of sp³-hybridized carbons (Fsp3) is 0.364. The molecule has 0 spiro atoms. The number of carbonyl (C=O) groups excluding carboxylic acids is 1. The lowest BCUT2D eigenvalue weighted by Crippen LogP contribution is -2.13. The minimum atomic E-state index is -0.153. The van der Waals surface area contributed by atoms with Crippen LogP contribution in [-0.4, -0.2) is 22.4 Å². The van der Waals surface area contributed by atoms with Crippen LogP contribution in [0.4, 0.5) is 0 Å². The van der Waals surface area contributed by atoms with E-state index >= 15 is 0 Å². The number of hydrogen-bond acceptors (Lipinski definition) is 4. The number of hydrogen-bond donors (Lipinski definition) is 0. The molecule has 0 radical (unpaired) electrons. The molecule has 1 aromatic rings. The van der Waals surface area contributed by atoms with Gasteiger partial charge in [-0.25, -0.2) is 9.97 Å². The van der Waals surface area contributed by atoms with E-state index in [-0.39, 0.29) is 5.78 Å². The number of ether oxygens (including phenoxy) is 1. The molecule has 0 N–H and O–H groups in total. The Morgan fingerprint density at radius 3 is 3.07 bits per heavy atom. The van der Waals surface area contributed by atoms with E-state index in [1.165, 1.54) is 0 Å². The molecule has 0 bridgehead atoms. The molecular formula is C11H12N2O2. The van der Waals surface area contributed by atoms with E-state index in [4.69, 9.17) is 4.74 Å². The van der Waals surface area contributed by atoms with E-state index in [9.17, 15) is 4.79 Å². The average Bonchev–Trinajstić information content (AvgIpc) is 2.29. The molecule has 0 fully saturated rings. The maximum atomic E-state index is 11.9. The number of rotatable bonds is 2. The van der Waals surface area contributed by atoms with E-state index in [0.717, 1.165) is 12.8 Å². The summed E-state index contributed by atoms with van der Waals surface area (Å²) >= 11 is 0. The number of ketones is 1. The number of carbonyl (C=O) groups is 1. The highest BCUT2D eigenvalue weighted by Gasteiger charge is 2.17. The first-order valence-electron chi connectivity index (χ1n) is 4.94. The largest absolute Gasteiger partial charge is 0.490 e. The summed E-state index contributed by atoms with van der Waals surface area (Å²) in [7, 11) is 0. The second-order valence-corrected chi connectivity index (χ2v) is 3.38. The third-order valence-corrected chi connectivity index (χ3v) is 2.17. The summed E-state index contributed by atoms with van der Waals surface area (Å²) in [5, 5.41) is 0. The Morgan fingerprint density at radius 1 is 1.53 bits per heavy atom. The van der Waals surface area contributed by atoms with Crippen LogP contribution in [0.15, 0.2) is 24.1 Å². The zero-order valence-corrected chi connectivity index (χ0v) is 8.56. The highest BCUT2D eigenvalue weighted by Crippen LogP contribution is 2.14. The van der Waals surface area contributed by atoms with Crippen molar-refractivity contribution in [2.24, 2.45) is 0 Å². The summed E-state index contributed by atoms with van der Waals surface area (Å²) in [6.07, 6.45) is 5.27. The van der Waals surface area contributed by atoms with Gasteiger partial charge in [0.2, 0.25) is 5.78 Å². The monoisotopic (exact) mass is 204 g/mol. The summed E-state index contributed by atoms with van der Waals surface area (Å²) in [5.41, 5.74) is 0.399. The van der Waals surface area contributed by atoms with Gasteiger partial charge < -0.3 is 4.74 Å². The lowest BCUT2D eigenvalue weighted by molar-refractivity contribution is 0.0894. The lowest BCUT2D eigenvalue weighted by atomic mass is 10.1. The summed E-state index contributed by atoms with van der Waals surface area (Å²) in [4.78, 5) is 19.9. The first-order chi connectivity index (χ1) is 7.27. The van der Waals surface area contributed by atoms with E-state index in [2.05, 4.69) is 9.97 Å². The molecule has 4 nitrogen and oxygen atoms in total. The fourth-order valence-corrected chi connectivity index (χ4v) is 1.42. The summed E-state index contributed by atoms with van der Waals surface area (Å²) in [5.74, 6) is 0.858. The Labute approximate surface area is 88.0 Å². The molecule has 1 aliphatic rings. The molecule has 0 unspecified atom stereocenters.